The van der Waals surface area contributed by atoms with Crippen LogP contribution in [0, 0.1) is 0 Å². The molecule has 0 spiro atoms. The highest BCUT2D eigenvalue weighted by molar-refractivity contribution is 8.16. The van der Waals surface area contributed by atoms with Crippen molar-refractivity contribution in [1.82, 2.24) is 4.90 Å². The number of fused-ring (bicyclic) bond motifs is 1. The summed E-state index contributed by atoms with van der Waals surface area (Å²) in [6.45, 7) is 0. The summed E-state index contributed by atoms with van der Waals surface area (Å²) in [4.78, 5) is 11.2. The maximum Gasteiger partial charge on any atom is 0.204 e. The van der Waals surface area contributed by atoms with E-state index in [1.54, 1.807) is 11.8 Å². The molecular weight excluding hydrogens is 292 g/mol. The number of hydrogen-bond donors (Lipinski definition) is 1. The van der Waals surface area contributed by atoms with E-state index in [4.69, 9.17) is 10.7 Å². The van der Waals surface area contributed by atoms with E-state index in [1.807, 2.05) is 53.4 Å². The van der Waals surface area contributed by atoms with Gasteiger partial charge in [0.05, 0.1) is 5.70 Å². The van der Waals surface area contributed by atoms with E-state index in [2.05, 4.69) is 22.5 Å². The fourth-order valence-corrected chi connectivity index (χ4v) is 3.44. The van der Waals surface area contributed by atoms with Crippen molar-refractivity contribution in [2.24, 2.45) is 15.7 Å². The minimum atomic E-state index is -0.261. The van der Waals surface area contributed by atoms with Gasteiger partial charge in [-0.1, -0.05) is 72.4 Å². The van der Waals surface area contributed by atoms with Crippen LogP contribution in [-0.2, 0) is 0 Å². The lowest BCUT2D eigenvalue weighted by Gasteiger charge is -2.27. The van der Waals surface area contributed by atoms with Crippen molar-refractivity contribution in [3.05, 3.63) is 77.2 Å². The molecule has 5 heteroatoms. The first-order chi connectivity index (χ1) is 10.8. The van der Waals surface area contributed by atoms with Gasteiger partial charge in [-0.05, 0) is 11.1 Å². The maximum absolute atomic E-state index is 6.22. The summed E-state index contributed by atoms with van der Waals surface area (Å²) < 4.78 is 0. The van der Waals surface area contributed by atoms with Crippen LogP contribution in [0.15, 0.2) is 76.1 Å². The molecule has 0 radical (unpaired) electrons. The monoisotopic (exact) mass is 306 g/mol. The Morgan fingerprint density at radius 1 is 0.909 bits per heavy atom. The summed E-state index contributed by atoms with van der Waals surface area (Å²) in [6.07, 6.45) is -0.261. The zero-order chi connectivity index (χ0) is 14.9. The Bertz CT molecular complexity index is 781. The Labute approximate surface area is 133 Å². The number of nitrogens with two attached hydrogens (primary N) is 1. The van der Waals surface area contributed by atoms with Crippen LogP contribution < -0.4 is 5.73 Å². The highest BCUT2D eigenvalue weighted by Crippen LogP contribution is 2.37. The molecule has 108 valence electrons. The number of thioether (sulfide) groups is 1. The third-order valence-corrected chi connectivity index (χ3v) is 4.43. The minimum Gasteiger partial charge on any atom is -0.369 e. The largest absolute Gasteiger partial charge is 0.369 e. The molecule has 4 nitrogen and oxygen atoms in total. The lowest BCUT2D eigenvalue weighted by molar-refractivity contribution is 0.697. The molecule has 22 heavy (non-hydrogen) atoms. The SMILES string of the molecule is NC1=NC(c2ccccc2)N=C2SC=C(c3ccccc3)N12. The number of rotatable bonds is 2. The molecule has 2 aliphatic rings. The fourth-order valence-electron chi connectivity index (χ4n) is 2.52. The first-order valence-corrected chi connectivity index (χ1v) is 7.89. The van der Waals surface area contributed by atoms with Gasteiger partial charge in [0.2, 0.25) is 5.96 Å². The summed E-state index contributed by atoms with van der Waals surface area (Å²) in [7, 11) is 0. The highest BCUT2D eigenvalue weighted by Gasteiger charge is 2.31. The third-order valence-electron chi connectivity index (χ3n) is 3.59. The summed E-state index contributed by atoms with van der Waals surface area (Å²) in [6, 6.07) is 20.2. The summed E-state index contributed by atoms with van der Waals surface area (Å²) in [5, 5.41) is 2.95. The molecule has 0 fully saturated rings. The van der Waals surface area contributed by atoms with Gasteiger partial charge < -0.3 is 5.73 Å². The van der Waals surface area contributed by atoms with E-state index in [0.29, 0.717) is 5.96 Å². The number of hydrogen-bond acceptors (Lipinski definition) is 5. The lowest BCUT2D eigenvalue weighted by atomic mass is 10.1. The van der Waals surface area contributed by atoms with Crippen LogP contribution in [0.2, 0.25) is 0 Å². The topological polar surface area (TPSA) is 54.0 Å². The molecular formula is C17H14N4S. The Balaban J connectivity index is 1.69. The van der Waals surface area contributed by atoms with Crippen LogP contribution in [0.25, 0.3) is 5.70 Å². The van der Waals surface area contributed by atoms with Crippen molar-refractivity contribution in [1.29, 1.82) is 0 Å². The molecule has 0 bridgehead atoms. The first-order valence-electron chi connectivity index (χ1n) is 7.01. The van der Waals surface area contributed by atoms with Crippen molar-refractivity contribution in [3.63, 3.8) is 0 Å². The molecule has 1 atom stereocenters. The van der Waals surface area contributed by atoms with Crippen LogP contribution in [0.4, 0.5) is 0 Å². The molecule has 2 aromatic carbocycles. The standard InChI is InChI=1S/C17H14N4S/c18-16-19-15(13-9-5-2-6-10-13)20-17-21(16)14(11-22-17)12-7-3-1-4-8-12/h1-11,15H,(H2,18,19). The number of aliphatic imine (C=N–C) groups is 2. The molecule has 0 aliphatic carbocycles. The molecule has 2 aromatic rings. The van der Waals surface area contributed by atoms with E-state index in [9.17, 15) is 0 Å². The Kier molecular flexibility index (Phi) is 3.20. The van der Waals surface area contributed by atoms with Gasteiger partial charge in [0, 0.05) is 5.41 Å². The Hall–Kier alpha value is -2.53. The molecule has 2 N–H and O–H groups in total. The van der Waals surface area contributed by atoms with Crippen LogP contribution in [0.5, 0.6) is 0 Å². The molecule has 2 heterocycles. The van der Waals surface area contributed by atoms with E-state index < -0.39 is 0 Å². The van der Waals surface area contributed by atoms with E-state index in [0.717, 1.165) is 22.0 Å². The van der Waals surface area contributed by atoms with Gasteiger partial charge in [-0.25, -0.2) is 9.98 Å². The predicted octanol–water partition coefficient (Wildman–Crippen LogP) is 3.42. The average Bonchev–Trinajstić information content (AvgIpc) is 3.01. The van der Waals surface area contributed by atoms with Crippen LogP contribution in [0.3, 0.4) is 0 Å². The van der Waals surface area contributed by atoms with E-state index in [1.165, 1.54) is 0 Å². The second-order valence-corrected chi connectivity index (χ2v) is 5.84. The van der Waals surface area contributed by atoms with E-state index >= 15 is 0 Å². The van der Waals surface area contributed by atoms with Crippen LogP contribution >= 0.6 is 11.8 Å². The average molecular weight is 306 g/mol. The summed E-state index contributed by atoms with van der Waals surface area (Å²) in [5.74, 6) is 0.485. The zero-order valence-electron chi connectivity index (χ0n) is 11.8. The van der Waals surface area contributed by atoms with Gasteiger partial charge in [-0.3, -0.25) is 4.90 Å². The van der Waals surface area contributed by atoms with Gasteiger partial charge in [0.1, 0.15) is 0 Å². The molecule has 4 rings (SSSR count). The van der Waals surface area contributed by atoms with Gasteiger partial charge >= 0.3 is 0 Å². The highest BCUT2D eigenvalue weighted by atomic mass is 32.2. The van der Waals surface area contributed by atoms with Crippen molar-refractivity contribution in [2.45, 2.75) is 6.17 Å². The van der Waals surface area contributed by atoms with Crippen molar-refractivity contribution in [3.8, 4) is 0 Å². The molecule has 0 saturated heterocycles. The summed E-state index contributed by atoms with van der Waals surface area (Å²) >= 11 is 1.58. The van der Waals surface area contributed by atoms with Gasteiger partial charge in [-0.15, -0.1) is 0 Å². The van der Waals surface area contributed by atoms with Crippen molar-refractivity contribution < 1.29 is 0 Å². The normalized spacial score (nSPS) is 20.1. The smallest absolute Gasteiger partial charge is 0.204 e. The van der Waals surface area contributed by atoms with Gasteiger partial charge in [0.25, 0.3) is 0 Å². The molecule has 0 aromatic heterocycles. The predicted molar refractivity (Wildman–Crippen MR) is 92.1 cm³/mol. The molecule has 1 unspecified atom stereocenters. The van der Waals surface area contributed by atoms with E-state index in [-0.39, 0.29) is 6.17 Å². The van der Waals surface area contributed by atoms with Crippen molar-refractivity contribution in [2.75, 3.05) is 0 Å². The van der Waals surface area contributed by atoms with Crippen molar-refractivity contribution >= 4 is 28.6 Å². The number of nitrogens with zero attached hydrogens (tertiary/aromatic N) is 3. The molecule has 0 amide bonds. The maximum atomic E-state index is 6.22. The Morgan fingerprint density at radius 3 is 2.32 bits per heavy atom. The number of amidine groups is 1. The second kappa shape index (κ2) is 5.35. The van der Waals surface area contributed by atoms with Gasteiger partial charge in [-0.2, -0.15) is 0 Å². The lowest BCUT2D eigenvalue weighted by Crippen LogP contribution is -2.40. The number of guanidine groups is 1. The Morgan fingerprint density at radius 2 is 1.59 bits per heavy atom. The quantitative estimate of drug-likeness (QED) is 0.925. The van der Waals surface area contributed by atoms with Gasteiger partial charge in [0.15, 0.2) is 11.3 Å². The minimum absolute atomic E-state index is 0.261. The molecule has 2 aliphatic heterocycles. The zero-order valence-corrected chi connectivity index (χ0v) is 12.6. The number of benzene rings is 2. The summed E-state index contributed by atoms with van der Waals surface area (Å²) in [5.41, 5.74) is 9.40. The third kappa shape index (κ3) is 2.19. The fraction of sp³-hybridized carbons (Fsp3) is 0.0588. The molecule has 0 saturated carbocycles. The first kappa shape index (κ1) is 13.2. The second-order valence-electron chi connectivity index (χ2n) is 5.01. The van der Waals surface area contributed by atoms with Crippen LogP contribution in [-0.4, -0.2) is 16.0 Å². The van der Waals surface area contributed by atoms with Crippen LogP contribution in [0.1, 0.15) is 17.3 Å².